The minimum absolute atomic E-state index is 0.106. The molecule has 0 aliphatic heterocycles. The number of carbonyl (C=O) groups excluding carboxylic acids is 3. The minimum atomic E-state index is -0.297. The van der Waals surface area contributed by atoms with Gasteiger partial charge in [0.05, 0.1) is 6.26 Å². The predicted molar refractivity (Wildman–Crippen MR) is 111 cm³/mol. The van der Waals surface area contributed by atoms with Crippen molar-refractivity contribution in [2.24, 2.45) is 0 Å². The van der Waals surface area contributed by atoms with Gasteiger partial charge in [-0.25, -0.2) is 0 Å². The Labute approximate surface area is 170 Å². The highest BCUT2D eigenvalue weighted by molar-refractivity contribution is 5.94. The lowest BCUT2D eigenvalue weighted by Crippen LogP contribution is -2.32. The van der Waals surface area contributed by atoms with Gasteiger partial charge in [0.25, 0.3) is 5.91 Å². The maximum absolute atomic E-state index is 12.2. The average molecular weight is 397 g/mol. The second-order valence-electron chi connectivity index (χ2n) is 6.65. The maximum Gasteiger partial charge on any atom is 0.251 e. The summed E-state index contributed by atoms with van der Waals surface area (Å²) < 4.78 is 5.09. The molecule has 0 bridgehead atoms. The van der Waals surface area contributed by atoms with Crippen LogP contribution in [-0.2, 0) is 16.1 Å². The Morgan fingerprint density at radius 1 is 1.14 bits per heavy atom. The SMILES string of the molecule is CCC(C)NC(=O)c1cccc(CNC(=O)CCNC(=O)C=Cc2ccco2)c1. The number of rotatable bonds is 10. The third-order valence-electron chi connectivity index (χ3n) is 4.26. The van der Waals surface area contributed by atoms with Gasteiger partial charge >= 0.3 is 0 Å². The summed E-state index contributed by atoms with van der Waals surface area (Å²) in [5.74, 6) is -0.0280. The Bertz CT molecular complexity index is 844. The summed E-state index contributed by atoms with van der Waals surface area (Å²) in [7, 11) is 0. The maximum atomic E-state index is 12.2. The fourth-order valence-electron chi connectivity index (χ4n) is 2.42. The van der Waals surface area contributed by atoms with Gasteiger partial charge in [-0.3, -0.25) is 14.4 Å². The van der Waals surface area contributed by atoms with Gasteiger partial charge in [-0.2, -0.15) is 0 Å². The molecular weight excluding hydrogens is 370 g/mol. The van der Waals surface area contributed by atoms with Crippen LogP contribution in [0.2, 0.25) is 0 Å². The van der Waals surface area contributed by atoms with E-state index in [1.165, 1.54) is 12.3 Å². The Morgan fingerprint density at radius 2 is 1.97 bits per heavy atom. The normalized spacial score (nSPS) is 11.8. The van der Waals surface area contributed by atoms with Crippen LogP contribution in [0.4, 0.5) is 0 Å². The molecule has 0 spiro atoms. The van der Waals surface area contributed by atoms with Gasteiger partial charge in [0.15, 0.2) is 0 Å². The molecule has 1 atom stereocenters. The Hall–Kier alpha value is -3.35. The van der Waals surface area contributed by atoms with Gasteiger partial charge in [-0.15, -0.1) is 0 Å². The van der Waals surface area contributed by atoms with Crippen molar-refractivity contribution < 1.29 is 18.8 Å². The number of carbonyl (C=O) groups is 3. The average Bonchev–Trinajstić information content (AvgIpc) is 3.24. The lowest BCUT2D eigenvalue weighted by molar-refractivity contribution is -0.121. The molecule has 1 aromatic heterocycles. The number of nitrogens with one attached hydrogen (secondary N) is 3. The van der Waals surface area contributed by atoms with E-state index in [4.69, 9.17) is 4.42 Å². The van der Waals surface area contributed by atoms with Crippen LogP contribution in [0.5, 0.6) is 0 Å². The summed E-state index contributed by atoms with van der Waals surface area (Å²) in [5, 5.41) is 8.35. The molecule has 29 heavy (non-hydrogen) atoms. The second kappa shape index (κ2) is 11.5. The van der Waals surface area contributed by atoms with Crippen LogP contribution in [0, 0.1) is 0 Å². The molecular formula is C22H27N3O4. The summed E-state index contributed by atoms with van der Waals surface area (Å²) in [6, 6.07) is 10.7. The minimum Gasteiger partial charge on any atom is -0.465 e. The summed E-state index contributed by atoms with van der Waals surface area (Å²) in [5.41, 5.74) is 1.40. The summed E-state index contributed by atoms with van der Waals surface area (Å²) in [4.78, 5) is 35.8. The van der Waals surface area contributed by atoms with E-state index in [9.17, 15) is 14.4 Å². The van der Waals surface area contributed by atoms with Crippen LogP contribution < -0.4 is 16.0 Å². The first-order chi connectivity index (χ1) is 14.0. The van der Waals surface area contributed by atoms with Crippen LogP contribution in [0.25, 0.3) is 6.08 Å². The Kier molecular flexibility index (Phi) is 8.69. The molecule has 2 aromatic rings. The molecule has 0 aliphatic rings. The molecule has 3 amide bonds. The van der Waals surface area contributed by atoms with Gasteiger partial charge in [0, 0.05) is 37.2 Å². The topological polar surface area (TPSA) is 100 Å². The van der Waals surface area contributed by atoms with Crippen molar-refractivity contribution in [1.82, 2.24) is 16.0 Å². The van der Waals surface area contributed by atoms with Gasteiger partial charge in [-0.1, -0.05) is 19.1 Å². The molecule has 0 aliphatic carbocycles. The van der Waals surface area contributed by atoms with E-state index in [-0.39, 0.29) is 36.7 Å². The molecule has 1 unspecified atom stereocenters. The first kappa shape index (κ1) is 21.9. The number of benzene rings is 1. The van der Waals surface area contributed by atoms with E-state index in [0.717, 1.165) is 12.0 Å². The first-order valence-corrected chi connectivity index (χ1v) is 9.64. The van der Waals surface area contributed by atoms with Crippen LogP contribution in [0.15, 0.2) is 53.2 Å². The number of hydrogen-bond donors (Lipinski definition) is 3. The Morgan fingerprint density at radius 3 is 2.69 bits per heavy atom. The smallest absolute Gasteiger partial charge is 0.251 e. The van der Waals surface area contributed by atoms with E-state index >= 15 is 0 Å². The van der Waals surface area contributed by atoms with Crippen molar-refractivity contribution in [3.63, 3.8) is 0 Å². The Balaban J connectivity index is 1.71. The van der Waals surface area contributed by atoms with Gasteiger partial charge < -0.3 is 20.4 Å². The summed E-state index contributed by atoms with van der Waals surface area (Å²) in [6.45, 7) is 4.50. The van der Waals surface area contributed by atoms with Crippen molar-refractivity contribution in [1.29, 1.82) is 0 Å². The van der Waals surface area contributed by atoms with Crippen molar-refractivity contribution in [2.75, 3.05) is 6.54 Å². The van der Waals surface area contributed by atoms with E-state index in [1.54, 1.807) is 36.4 Å². The molecule has 2 rings (SSSR count). The molecule has 0 saturated carbocycles. The highest BCUT2D eigenvalue weighted by atomic mass is 16.3. The van der Waals surface area contributed by atoms with E-state index in [0.29, 0.717) is 17.9 Å². The molecule has 7 nitrogen and oxygen atoms in total. The molecule has 154 valence electrons. The second-order valence-corrected chi connectivity index (χ2v) is 6.65. The molecule has 0 saturated heterocycles. The third-order valence-corrected chi connectivity index (χ3v) is 4.26. The van der Waals surface area contributed by atoms with Crippen LogP contribution in [0.3, 0.4) is 0 Å². The van der Waals surface area contributed by atoms with Crippen LogP contribution in [0.1, 0.15) is 48.4 Å². The van der Waals surface area contributed by atoms with Crippen molar-refractivity contribution in [2.45, 2.75) is 39.3 Å². The fourth-order valence-corrected chi connectivity index (χ4v) is 2.42. The van der Waals surface area contributed by atoms with E-state index < -0.39 is 0 Å². The summed E-state index contributed by atoms with van der Waals surface area (Å²) >= 11 is 0. The van der Waals surface area contributed by atoms with Crippen molar-refractivity contribution in [3.8, 4) is 0 Å². The fraction of sp³-hybridized carbons (Fsp3) is 0.318. The van der Waals surface area contributed by atoms with Gasteiger partial charge in [-0.05, 0) is 49.2 Å². The number of amides is 3. The van der Waals surface area contributed by atoms with Crippen molar-refractivity contribution in [3.05, 3.63) is 65.6 Å². The zero-order chi connectivity index (χ0) is 21.1. The predicted octanol–water partition coefficient (Wildman–Crippen LogP) is 2.64. The molecule has 1 heterocycles. The molecule has 0 fully saturated rings. The largest absolute Gasteiger partial charge is 0.465 e. The molecule has 3 N–H and O–H groups in total. The quantitative estimate of drug-likeness (QED) is 0.537. The zero-order valence-electron chi connectivity index (χ0n) is 16.7. The zero-order valence-corrected chi connectivity index (χ0v) is 16.7. The monoisotopic (exact) mass is 397 g/mol. The lowest BCUT2D eigenvalue weighted by Gasteiger charge is -2.12. The number of hydrogen-bond acceptors (Lipinski definition) is 4. The van der Waals surface area contributed by atoms with Crippen molar-refractivity contribution >= 4 is 23.8 Å². The first-order valence-electron chi connectivity index (χ1n) is 9.64. The van der Waals surface area contributed by atoms with Crippen LogP contribution >= 0.6 is 0 Å². The highest BCUT2D eigenvalue weighted by Crippen LogP contribution is 2.06. The molecule has 7 heteroatoms. The third kappa shape index (κ3) is 8.04. The summed E-state index contributed by atoms with van der Waals surface area (Å²) in [6.07, 6.45) is 5.45. The molecule has 0 radical (unpaired) electrons. The lowest BCUT2D eigenvalue weighted by atomic mass is 10.1. The van der Waals surface area contributed by atoms with E-state index in [2.05, 4.69) is 16.0 Å². The number of furan rings is 1. The van der Waals surface area contributed by atoms with Gasteiger partial charge in [0.2, 0.25) is 11.8 Å². The van der Waals surface area contributed by atoms with E-state index in [1.807, 2.05) is 19.9 Å². The van der Waals surface area contributed by atoms with Gasteiger partial charge in [0.1, 0.15) is 5.76 Å². The van der Waals surface area contributed by atoms with Crippen LogP contribution in [-0.4, -0.2) is 30.3 Å². The standard InChI is InChI=1S/C22H27N3O4/c1-3-16(2)25-22(28)18-7-4-6-17(14-18)15-24-21(27)11-12-23-20(26)10-9-19-8-5-13-29-19/h4-10,13-14,16H,3,11-12,15H2,1-2H3,(H,23,26)(H,24,27)(H,25,28). The molecule has 1 aromatic carbocycles. The highest BCUT2D eigenvalue weighted by Gasteiger charge is 2.09.